The van der Waals surface area contributed by atoms with Gasteiger partial charge in [-0.05, 0) is 30.0 Å². The molecule has 0 bridgehead atoms. The summed E-state index contributed by atoms with van der Waals surface area (Å²) in [5.41, 5.74) is 1.56. The largest absolute Gasteiger partial charge is 0.481 e. The van der Waals surface area contributed by atoms with Crippen LogP contribution in [0.5, 0.6) is 0 Å². The number of rotatable bonds is 7. The van der Waals surface area contributed by atoms with E-state index >= 15 is 0 Å². The van der Waals surface area contributed by atoms with Gasteiger partial charge in [0.05, 0.1) is 5.75 Å². The zero-order valence-electron chi connectivity index (χ0n) is 11.1. The van der Waals surface area contributed by atoms with E-state index in [2.05, 4.69) is 4.72 Å². The van der Waals surface area contributed by atoms with Crippen LogP contribution < -0.4 is 4.72 Å². The lowest BCUT2D eigenvalue weighted by Crippen LogP contribution is -2.17. The second-order valence-corrected chi connectivity index (χ2v) is 6.54. The summed E-state index contributed by atoms with van der Waals surface area (Å²) in [7, 11) is -3.49. The molecule has 0 aliphatic rings. The Kier molecular flexibility index (Phi) is 5.35. The molecule has 0 aliphatic carbocycles. The average Bonchev–Trinajstić information content (AvgIpc) is 2.27. The van der Waals surface area contributed by atoms with Crippen molar-refractivity contribution in [2.45, 2.75) is 32.6 Å². The molecule has 0 fully saturated rings. The standard InChI is InChI=1S/C13H19NO4S/c1-10(2)11-5-3-6-12(9-11)14-19(17,18)8-4-7-13(15)16/h3,5-6,9-10,14H,4,7-8H2,1-2H3,(H,15,16). The topological polar surface area (TPSA) is 83.5 Å². The van der Waals surface area contributed by atoms with Gasteiger partial charge < -0.3 is 5.11 Å². The molecule has 1 aromatic rings. The van der Waals surface area contributed by atoms with Crippen molar-refractivity contribution in [2.24, 2.45) is 0 Å². The van der Waals surface area contributed by atoms with E-state index in [0.717, 1.165) is 5.56 Å². The van der Waals surface area contributed by atoms with Gasteiger partial charge in [-0.25, -0.2) is 8.42 Å². The van der Waals surface area contributed by atoms with Crippen LogP contribution in [0.2, 0.25) is 0 Å². The van der Waals surface area contributed by atoms with Gasteiger partial charge in [0.25, 0.3) is 0 Å². The number of carboxylic acid groups (broad SMARTS) is 1. The summed E-state index contributed by atoms with van der Waals surface area (Å²) in [5, 5.41) is 8.48. The van der Waals surface area contributed by atoms with Crippen LogP contribution in [-0.2, 0) is 14.8 Å². The van der Waals surface area contributed by atoms with Crippen molar-refractivity contribution in [1.82, 2.24) is 0 Å². The highest BCUT2D eigenvalue weighted by Crippen LogP contribution is 2.19. The number of carboxylic acids is 1. The van der Waals surface area contributed by atoms with Gasteiger partial charge in [0.15, 0.2) is 0 Å². The highest BCUT2D eigenvalue weighted by atomic mass is 32.2. The fourth-order valence-electron chi connectivity index (χ4n) is 1.61. The Morgan fingerprint density at radius 1 is 1.37 bits per heavy atom. The summed E-state index contributed by atoms with van der Waals surface area (Å²) in [5.74, 6) is -0.862. The molecule has 0 atom stereocenters. The molecule has 19 heavy (non-hydrogen) atoms. The van der Waals surface area contributed by atoms with E-state index in [0.29, 0.717) is 11.6 Å². The number of hydrogen-bond acceptors (Lipinski definition) is 3. The molecule has 0 aliphatic heterocycles. The maximum absolute atomic E-state index is 11.8. The summed E-state index contributed by atoms with van der Waals surface area (Å²) < 4.78 is 26.0. The van der Waals surface area contributed by atoms with Crippen molar-refractivity contribution in [3.63, 3.8) is 0 Å². The van der Waals surface area contributed by atoms with Gasteiger partial charge in [-0.1, -0.05) is 26.0 Å². The van der Waals surface area contributed by atoms with Crippen molar-refractivity contribution >= 4 is 21.7 Å². The molecular weight excluding hydrogens is 266 g/mol. The molecule has 0 saturated carbocycles. The number of hydrogen-bond donors (Lipinski definition) is 2. The lowest BCUT2D eigenvalue weighted by molar-refractivity contribution is -0.137. The van der Waals surface area contributed by atoms with Crippen LogP contribution in [0.3, 0.4) is 0 Å². The lowest BCUT2D eigenvalue weighted by Gasteiger charge is -2.10. The predicted molar refractivity (Wildman–Crippen MR) is 74.8 cm³/mol. The summed E-state index contributed by atoms with van der Waals surface area (Å²) in [6.07, 6.45) is -0.0402. The first kappa shape index (κ1) is 15.5. The third kappa shape index (κ3) is 5.74. The van der Waals surface area contributed by atoms with Gasteiger partial charge in [0.1, 0.15) is 0 Å². The van der Waals surface area contributed by atoms with Crippen molar-refractivity contribution in [3.05, 3.63) is 29.8 Å². The van der Waals surface area contributed by atoms with Crippen molar-refractivity contribution in [3.8, 4) is 0 Å². The predicted octanol–water partition coefficient (Wildman–Crippen LogP) is 2.42. The monoisotopic (exact) mass is 285 g/mol. The molecule has 0 saturated heterocycles. The zero-order chi connectivity index (χ0) is 14.5. The molecule has 0 aromatic heterocycles. The fourth-order valence-corrected chi connectivity index (χ4v) is 2.72. The third-order valence-electron chi connectivity index (χ3n) is 2.63. The maximum Gasteiger partial charge on any atom is 0.303 e. The van der Waals surface area contributed by atoms with Gasteiger partial charge in [0, 0.05) is 12.1 Å². The van der Waals surface area contributed by atoms with Crippen molar-refractivity contribution < 1.29 is 18.3 Å². The molecule has 1 rings (SSSR count). The number of nitrogens with one attached hydrogen (secondary N) is 1. The quantitative estimate of drug-likeness (QED) is 0.806. The van der Waals surface area contributed by atoms with Gasteiger partial charge in [-0.2, -0.15) is 0 Å². The summed E-state index contributed by atoms with van der Waals surface area (Å²) in [6.45, 7) is 4.06. The van der Waals surface area contributed by atoms with Crippen LogP contribution in [0.15, 0.2) is 24.3 Å². The highest BCUT2D eigenvalue weighted by molar-refractivity contribution is 7.92. The highest BCUT2D eigenvalue weighted by Gasteiger charge is 2.12. The number of aliphatic carboxylic acids is 1. The smallest absolute Gasteiger partial charge is 0.303 e. The Morgan fingerprint density at radius 3 is 2.63 bits per heavy atom. The maximum atomic E-state index is 11.8. The first-order valence-corrected chi connectivity index (χ1v) is 7.77. The minimum absolute atomic E-state index is 0.106. The number of benzene rings is 1. The Hall–Kier alpha value is -1.56. The minimum Gasteiger partial charge on any atom is -0.481 e. The summed E-state index contributed by atoms with van der Waals surface area (Å²) in [4.78, 5) is 10.3. The number of carbonyl (C=O) groups is 1. The Balaban J connectivity index is 2.67. The summed E-state index contributed by atoms with van der Waals surface area (Å²) >= 11 is 0. The van der Waals surface area contributed by atoms with Gasteiger partial charge >= 0.3 is 5.97 Å². The molecule has 0 heterocycles. The lowest BCUT2D eigenvalue weighted by atomic mass is 10.0. The minimum atomic E-state index is -3.49. The molecule has 0 spiro atoms. The van der Waals surface area contributed by atoms with E-state index in [4.69, 9.17) is 5.11 Å². The fraction of sp³-hybridized carbons (Fsp3) is 0.462. The second-order valence-electron chi connectivity index (χ2n) is 4.70. The van der Waals surface area contributed by atoms with Crippen LogP contribution in [0, 0.1) is 0 Å². The molecule has 5 nitrogen and oxygen atoms in total. The van der Waals surface area contributed by atoms with Gasteiger partial charge in [-0.3, -0.25) is 9.52 Å². The molecule has 6 heteroatoms. The van der Waals surface area contributed by atoms with E-state index in [1.807, 2.05) is 19.9 Å². The van der Waals surface area contributed by atoms with Crippen LogP contribution in [-0.4, -0.2) is 25.2 Å². The van der Waals surface area contributed by atoms with Crippen LogP contribution >= 0.6 is 0 Å². The van der Waals surface area contributed by atoms with Crippen molar-refractivity contribution in [2.75, 3.05) is 10.5 Å². The van der Waals surface area contributed by atoms with Crippen LogP contribution in [0.4, 0.5) is 5.69 Å². The number of sulfonamides is 1. The van der Waals surface area contributed by atoms with E-state index in [1.165, 1.54) is 0 Å². The molecule has 2 N–H and O–H groups in total. The van der Waals surface area contributed by atoms with Crippen LogP contribution in [0.1, 0.15) is 38.2 Å². The van der Waals surface area contributed by atoms with E-state index in [9.17, 15) is 13.2 Å². The number of anilines is 1. The van der Waals surface area contributed by atoms with Crippen LogP contribution in [0.25, 0.3) is 0 Å². The van der Waals surface area contributed by atoms with Gasteiger partial charge in [0.2, 0.25) is 10.0 Å². The van der Waals surface area contributed by atoms with E-state index < -0.39 is 16.0 Å². The zero-order valence-corrected chi connectivity index (χ0v) is 11.9. The average molecular weight is 285 g/mol. The molecule has 0 radical (unpaired) electrons. The molecular formula is C13H19NO4S. The third-order valence-corrected chi connectivity index (χ3v) is 4.00. The van der Waals surface area contributed by atoms with E-state index in [1.54, 1.807) is 18.2 Å². The molecule has 0 unspecified atom stereocenters. The summed E-state index contributed by atoms with van der Waals surface area (Å²) in [6, 6.07) is 7.21. The Bertz CT molecular complexity index is 537. The molecule has 1 aromatic carbocycles. The SMILES string of the molecule is CC(C)c1cccc(NS(=O)(=O)CCCC(=O)O)c1. The van der Waals surface area contributed by atoms with Crippen molar-refractivity contribution in [1.29, 1.82) is 0 Å². The second kappa shape index (κ2) is 6.56. The van der Waals surface area contributed by atoms with Gasteiger partial charge in [-0.15, -0.1) is 0 Å². The normalized spacial score (nSPS) is 11.5. The molecule has 106 valence electrons. The Morgan fingerprint density at radius 2 is 2.05 bits per heavy atom. The first-order chi connectivity index (χ1) is 8.80. The van der Waals surface area contributed by atoms with E-state index in [-0.39, 0.29) is 18.6 Å². The Labute approximate surface area is 113 Å². The molecule has 0 amide bonds. The first-order valence-electron chi connectivity index (χ1n) is 6.12.